The highest BCUT2D eigenvalue weighted by atomic mass is 28.3. The summed E-state index contributed by atoms with van der Waals surface area (Å²) in [6.45, 7) is 10.1. The summed E-state index contributed by atoms with van der Waals surface area (Å²) in [7, 11) is -3.87. The summed E-state index contributed by atoms with van der Waals surface area (Å²) in [4.78, 5) is 2.57. The van der Waals surface area contributed by atoms with Gasteiger partial charge < -0.3 is 4.90 Å². The van der Waals surface area contributed by atoms with Crippen LogP contribution in [0.25, 0.3) is 44.2 Å². The fraction of sp³-hybridized carbons (Fsp3) is 0.0909. The van der Waals surface area contributed by atoms with E-state index in [1.165, 1.54) is 76.8 Å². The van der Waals surface area contributed by atoms with Crippen LogP contribution in [0.1, 0.15) is 0 Å². The first kappa shape index (κ1) is 28.3. The van der Waals surface area contributed by atoms with E-state index in [-0.39, 0.29) is 0 Å². The van der Waals surface area contributed by atoms with Crippen LogP contribution in [0, 0.1) is 0 Å². The predicted octanol–water partition coefficient (Wildman–Crippen LogP) is 9.58. The molecule has 47 heavy (non-hydrogen) atoms. The van der Waals surface area contributed by atoms with Gasteiger partial charge in [-0.25, -0.2) is 0 Å². The zero-order valence-electron chi connectivity index (χ0n) is 27.4. The summed E-state index contributed by atoms with van der Waals surface area (Å²) in [5.74, 6) is 0. The molecule has 3 heteroatoms. The molecule has 0 atom stereocenters. The SMILES string of the molecule is C[Si]1(C)c2ccccc2-c2ccc(N(c3cccc(-c4ccc5ccccc5c4)c3)c3cccc4c3[Si](C)(C)c3ccccc3-4)cc21. The molecule has 226 valence electrons. The van der Waals surface area contributed by atoms with E-state index in [2.05, 4.69) is 183 Å². The Labute approximate surface area is 279 Å². The van der Waals surface area contributed by atoms with Gasteiger partial charge in [0.2, 0.25) is 0 Å². The number of rotatable bonds is 4. The van der Waals surface area contributed by atoms with Crippen LogP contribution in [0.15, 0.2) is 152 Å². The maximum Gasteiger partial charge on any atom is 0.116 e. The lowest BCUT2D eigenvalue weighted by atomic mass is 10.00. The molecule has 7 aromatic rings. The Morgan fingerprint density at radius 1 is 0.383 bits per heavy atom. The molecule has 0 radical (unpaired) electrons. The van der Waals surface area contributed by atoms with Gasteiger partial charge in [0.25, 0.3) is 0 Å². The van der Waals surface area contributed by atoms with E-state index in [0.29, 0.717) is 0 Å². The highest BCUT2D eigenvalue weighted by Crippen LogP contribution is 2.42. The number of hydrogen-bond acceptors (Lipinski definition) is 1. The van der Waals surface area contributed by atoms with Crippen LogP contribution in [-0.4, -0.2) is 16.1 Å². The first-order chi connectivity index (χ1) is 22.8. The molecule has 1 nitrogen and oxygen atoms in total. The summed E-state index contributed by atoms with van der Waals surface area (Å²) < 4.78 is 0. The smallest absolute Gasteiger partial charge is 0.116 e. The molecule has 0 bridgehead atoms. The number of nitrogens with zero attached hydrogens (tertiary/aromatic N) is 1. The molecule has 0 saturated carbocycles. The molecule has 0 aromatic heterocycles. The molecule has 0 unspecified atom stereocenters. The molecule has 0 fully saturated rings. The lowest BCUT2D eigenvalue weighted by molar-refractivity contribution is 1.30. The topological polar surface area (TPSA) is 3.24 Å². The summed E-state index contributed by atoms with van der Waals surface area (Å²) in [6, 6.07) is 57.1. The highest BCUT2D eigenvalue weighted by molar-refractivity contribution is 7.05. The average molecular weight is 636 g/mol. The van der Waals surface area contributed by atoms with Gasteiger partial charge in [-0.1, -0.05) is 141 Å². The lowest BCUT2D eigenvalue weighted by Crippen LogP contribution is -2.51. The van der Waals surface area contributed by atoms with Crippen molar-refractivity contribution >= 4 is 64.7 Å². The second kappa shape index (κ2) is 10.3. The monoisotopic (exact) mass is 635 g/mol. The van der Waals surface area contributed by atoms with Gasteiger partial charge in [-0.3, -0.25) is 0 Å². The molecule has 7 aromatic carbocycles. The Morgan fingerprint density at radius 2 is 0.979 bits per heavy atom. The zero-order valence-corrected chi connectivity index (χ0v) is 29.4. The summed E-state index contributed by atoms with van der Waals surface area (Å²) in [5, 5.41) is 8.67. The number of fused-ring (bicyclic) bond motifs is 7. The molecule has 9 rings (SSSR count). The van der Waals surface area contributed by atoms with Crippen molar-refractivity contribution in [3.8, 4) is 33.4 Å². The minimum absolute atomic E-state index is 1.19. The van der Waals surface area contributed by atoms with Crippen LogP contribution in [0.5, 0.6) is 0 Å². The predicted molar refractivity (Wildman–Crippen MR) is 208 cm³/mol. The van der Waals surface area contributed by atoms with E-state index in [1.807, 2.05) is 0 Å². The second-order valence-corrected chi connectivity index (χ2v) is 22.8. The summed E-state index contributed by atoms with van der Waals surface area (Å²) >= 11 is 0. The third kappa shape index (κ3) is 4.20. The van der Waals surface area contributed by atoms with Gasteiger partial charge in [0, 0.05) is 17.1 Å². The largest absolute Gasteiger partial charge is 0.311 e. The molecule has 2 aliphatic rings. The van der Waals surface area contributed by atoms with Crippen molar-refractivity contribution < 1.29 is 0 Å². The lowest BCUT2D eigenvalue weighted by Gasteiger charge is -2.32. The van der Waals surface area contributed by atoms with Crippen LogP contribution < -0.4 is 25.6 Å². The van der Waals surface area contributed by atoms with E-state index in [1.54, 1.807) is 5.19 Å². The van der Waals surface area contributed by atoms with Gasteiger partial charge in [-0.15, -0.1) is 0 Å². The fourth-order valence-corrected chi connectivity index (χ4v) is 15.0. The highest BCUT2D eigenvalue weighted by Gasteiger charge is 2.41. The van der Waals surface area contributed by atoms with Gasteiger partial charge in [-0.2, -0.15) is 0 Å². The maximum absolute atomic E-state index is 2.57. The number of anilines is 3. The Balaban J connectivity index is 1.27. The second-order valence-electron chi connectivity index (χ2n) is 14.2. The van der Waals surface area contributed by atoms with Crippen molar-refractivity contribution in [3.05, 3.63) is 152 Å². The van der Waals surface area contributed by atoms with Crippen LogP contribution in [0.2, 0.25) is 26.2 Å². The van der Waals surface area contributed by atoms with Gasteiger partial charge in [0.15, 0.2) is 0 Å². The minimum atomic E-state index is -2.00. The Morgan fingerprint density at radius 3 is 1.79 bits per heavy atom. The summed E-state index contributed by atoms with van der Waals surface area (Å²) in [5.41, 5.74) is 11.8. The molecule has 0 aliphatic carbocycles. The molecular formula is C44H37NSi2. The third-order valence-electron chi connectivity index (χ3n) is 10.8. The van der Waals surface area contributed by atoms with Crippen molar-refractivity contribution in [1.82, 2.24) is 0 Å². The van der Waals surface area contributed by atoms with E-state index in [9.17, 15) is 0 Å². The third-order valence-corrected chi connectivity index (χ3v) is 17.9. The van der Waals surface area contributed by atoms with Gasteiger partial charge in [0.1, 0.15) is 16.1 Å². The van der Waals surface area contributed by atoms with E-state index in [0.717, 1.165) is 0 Å². The van der Waals surface area contributed by atoms with Crippen molar-refractivity contribution in [2.45, 2.75) is 26.2 Å². The molecule has 0 spiro atoms. The number of benzene rings is 7. The van der Waals surface area contributed by atoms with Crippen LogP contribution in [-0.2, 0) is 0 Å². The molecular weight excluding hydrogens is 599 g/mol. The van der Waals surface area contributed by atoms with Gasteiger partial charge in [-0.05, 0) is 101 Å². The van der Waals surface area contributed by atoms with E-state index in [4.69, 9.17) is 0 Å². The number of hydrogen-bond donors (Lipinski definition) is 0. The molecule has 0 amide bonds. The maximum atomic E-state index is 2.57. The van der Waals surface area contributed by atoms with Crippen molar-refractivity contribution in [1.29, 1.82) is 0 Å². The Hall–Kier alpha value is -4.97. The summed E-state index contributed by atoms with van der Waals surface area (Å²) in [6.07, 6.45) is 0. The molecule has 0 N–H and O–H groups in total. The van der Waals surface area contributed by atoms with Crippen LogP contribution >= 0.6 is 0 Å². The van der Waals surface area contributed by atoms with Gasteiger partial charge in [0.05, 0.1) is 0 Å². The zero-order chi connectivity index (χ0) is 31.9. The Bertz CT molecular complexity index is 2380. The first-order valence-electron chi connectivity index (χ1n) is 16.7. The molecule has 2 aliphatic heterocycles. The normalized spacial score (nSPS) is 14.7. The minimum Gasteiger partial charge on any atom is -0.311 e. The molecule has 2 heterocycles. The first-order valence-corrected chi connectivity index (χ1v) is 22.7. The Kier molecular flexibility index (Phi) is 6.18. The van der Waals surface area contributed by atoms with Crippen LogP contribution in [0.4, 0.5) is 17.1 Å². The van der Waals surface area contributed by atoms with Gasteiger partial charge >= 0.3 is 0 Å². The standard InChI is InChI=1S/C44H37NSi2/c1-46(2)41-21-9-7-17-36(41)38-26-25-35(29-43(38)46)45(40-20-12-19-39-37-18-8-10-22-42(37)47(3,4)44(39)40)34-16-11-15-32(28-34)33-24-23-30-13-5-6-14-31(30)27-33/h5-29H,1-4H3. The fourth-order valence-electron chi connectivity index (χ4n) is 8.46. The van der Waals surface area contributed by atoms with Crippen molar-refractivity contribution in [2.75, 3.05) is 4.90 Å². The quantitative estimate of drug-likeness (QED) is 0.174. The van der Waals surface area contributed by atoms with Crippen molar-refractivity contribution in [2.24, 2.45) is 0 Å². The van der Waals surface area contributed by atoms with Crippen molar-refractivity contribution in [3.63, 3.8) is 0 Å². The average Bonchev–Trinajstić information content (AvgIpc) is 3.48. The molecule has 0 saturated heterocycles. The van der Waals surface area contributed by atoms with Crippen LogP contribution in [0.3, 0.4) is 0 Å². The van der Waals surface area contributed by atoms with E-state index < -0.39 is 16.1 Å². The van der Waals surface area contributed by atoms with E-state index >= 15 is 0 Å².